The van der Waals surface area contributed by atoms with Gasteiger partial charge in [0.05, 0.1) is 5.70 Å². The zero-order valence-electron chi connectivity index (χ0n) is 14.6. The van der Waals surface area contributed by atoms with Gasteiger partial charge in [0, 0.05) is 19.4 Å². The molecule has 0 fully saturated rings. The third kappa shape index (κ3) is 12.0. The van der Waals surface area contributed by atoms with Crippen molar-refractivity contribution in [3.8, 4) is 0 Å². The second kappa shape index (κ2) is 14.6. The Morgan fingerprint density at radius 1 is 1.22 bits per heavy atom. The van der Waals surface area contributed by atoms with Crippen LogP contribution in [-0.2, 0) is 4.74 Å². The van der Waals surface area contributed by atoms with E-state index in [0.29, 0.717) is 5.96 Å². The van der Waals surface area contributed by atoms with Gasteiger partial charge in [0.15, 0.2) is 5.96 Å². The molecule has 23 heavy (non-hydrogen) atoms. The van der Waals surface area contributed by atoms with E-state index >= 15 is 0 Å². The molecule has 0 saturated carbocycles. The molecule has 0 atom stereocenters. The van der Waals surface area contributed by atoms with Gasteiger partial charge < -0.3 is 15.8 Å². The molecular weight excluding hydrogens is 286 g/mol. The summed E-state index contributed by atoms with van der Waals surface area (Å²) in [5, 5.41) is 3.03. The molecule has 0 spiro atoms. The summed E-state index contributed by atoms with van der Waals surface area (Å²) in [5.74, 6) is 0.374. The van der Waals surface area contributed by atoms with E-state index in [1.807, 2.05) is 74.6 Å². The number of nitrogens with zero attached hydrogens (tertiary/aromatic N) is 1. The number of anilines is 1. The van der Waals surface area contributed by atoms with Crippen LogP contribution in [-0.4, -0.2) is 19.7 Å². The van der Waals surface area contributed by atoms with E-state index in [4.69, 9.17) is 10.5 Å². The Morgan fingerprint density at radius 2 is 1.91 bits per heavy atom. The van der Waals surface area contributed by atoms with E-state index in [-0.39, 0.29) is 0 Å². The normalized spacial score (nSPS) is 12.3. The molecule has 0 amide bonds. The van der Waals surface area contributed by atoms with Crippen molar-refractivity contribution in [3.63, 3.8) is 0 Å². The second-order valence-corrected chi connectivity index (χ2v) is 4.58. The number of nitrogens with one attached hydrogen (secondary N) is 1. The first kappa shape index (κ1) is 20.7. The molecule has 126 valence electrons. The second-order valence-electron chi connectivity index (χ2n) is 4.58. The number of ether oxygens (including phenoxy) is 1. The summed E-state index contributed by atoms with van der Waals surface area (Å²) in [7, 11) is 1.71. The van der Waals surface area contributed by atoms with Crippen LogP contribution in [0.4, 0.5) is 5.69 Å². The summed E-state index contributed by atoms with van der Waals surface area (Å²) in [6, 6.07) is 9.71. The summed E-state index contributed by atoms with van der Waals surface area (Å²) in [4.78, 5) is 4.29. The minimum absolute atomic E-state index is 0.374. The molecule has 0 aliphatic carbocycles. The van der Waals surface area contributed by atoms with Gasteiger partial charge in [-0.3, -0.25) is 0 Å². The molecule has 1 aromatic carbocycles. The van der Waals surface area contributed by atoms with Gasteiger partial charge in [-0.1, -0.05) is 49.4 Å². The Kier molecular flexibility index (Phi) is 13.1. The van der Waals surface area contributed by atoms with E-state index in [2.05, 4.69) is 17.2 Å². The smallest absolute Gasteiger partial charge is 0.198 e. The first-order valence-electron chi connectivity index (χ1n) is 7.78. The molecule has 4 heteroatoms. The van der Waals surface area contributed by atoms with Crippen LogP contribution in [0.2, 0.25) is 0 Å². The number of hydrogen-bond donors (Lipinski definition) is 2. The zero-order valence-corrected chi connectivity index (χ0v) is 14.6. The number of nitrogens with two attached hydrogens (primary N) is 1. The lowest BCUT2D eigenvalue weighted by Gasteiger charge is -2.04. The topological polar surface area (TPSA) is 59.6 Å². The van der Waals surface area contributed by atoms with Gasteiger partial charge in [-0.25, -0.2) is 4.99 Å². The highest BCUT2D eigenvalue weighted by Gasteiger charge is 1.94. The molecule has 0 unspecified atom stereocenters. The van der Waals surface area contributed by atoms with Crippen molar-refractivity contribution in [2.45, 2.75) is 27.2 Å². The fourth-order valence-corrected chi connectivity index (χ4v) is 1.50. The molecular formula is C19H29N3O. The van der Waals surface area contributed by atoms with Crippen LogP contribution >= 0.6 is 0 Å². The Morgan fingerprint density at radius 3 is 2.39 bits per heavy atom. The fourth-order valence-electron chi connectivity index (χ4n) is 1.50. The summed E-state index contributed by atoms with van der Waals surface area (Å²) < 4.78 is 4.69. The van der Waals surface area contributed by atoms with Crippen LogP contribution in [0.3, 0.4) is 0 Å². The SMILES string of the molecule is CCCOC.C\C=C/C=C\C(=C/C)N=C(N)Nc1ccccc1. The van der Waals surface area contributed by atoms with Crippen molar-refractivity contribution in [1.29, 1.82) is 0 Å². The van der Waals surface area contributed by atoms with Gasteiger partial charge in [-0.05, 0) is 38.5 Å². The van der Waals surface area contributed by atoms with Crippen LogP contribution in [0.5, 0.6) is 0 Å². The number of methoxy groups -OCH3 is 1. The van der Waals surface area contributed by atoms with Gasteiger partial charge in [-0.15, -0.1) is 0 Å². The number of benzene rings is 1. The quantitative estimate of drug-likeness (QED) is 0.462. The first-order chi connectivity index (χ1) is 11.2. The minimum atomic E-state index is 0.374. The number of aliphatic imine (C=N–C) groups is 1. The predicted octanol–water partition coefficient (Wildman–Crippen LogP) is 4.49. The maximum absolute atomic E-state index is 5.83. The summed E-state index contributed by atoms with van der Waals surface area (Å²) in [6.45, 7) is 6.87. The number of rotatable bonds is 6. The summed E-state index contributed by atoms with van der Waals surface area (Å²) >= 11 is 0. The fraction of sp³-hybridized carbons (Fsp3) is 0.316. The molecule has 4 nitrogen and oxygen atoms in total. The van der Waals surface area contributed by atoms with Crippen LogP contribution in [0, 0.1) is 0 Å². The number of allylic oxidation sites excluding steroid dienone is 5. The Hall–Kier alpha value is -2.33. The van der Waals surface area contributed by atoms with Crippen molar-refractivity contribution in [1.82, 2.24) is 0 Å². The number of hydrogen-bond acceptors (Lipinski definition) is 2. The van der Waals surface area contributed by atoms with Gasteiger partial charge in [-0.2, -0.15) is 0 Å². The Bertz CT molecular complexity index is 515. The van der Waals surface area contributed by atoms with E-state index < -0.39 is 0 Å². The first-order valence-corrected chi connectivity index (χ1v) is 7.78. The molecule has 0 radical (unpaired) electrons. The molecule has 0 aliphatic rings. The molecule has 0 aliphatic heterocycles. The van der Waals surface area contributed by atoms with Crippen molar-refractivity contribution in [3.05, 3.63) is 66.4 Å². The Labute approximate surface area is 140 Å². The van der Waals surface area contributed by atoms with E-state index in [1.165, 1.54) is 0 Å². The highest BCUT2D eigenvalue weighted by molar-refractivity contribution is 5.93. The van der Waals surface area contributed by atoms with Gasteiger partial charge in [0.1, 0.15) is 0 Å². The van der Waals surface area contributed by atoms with Gasteiger partial charge in [0.2, 0.25) is 0 Å². The van der Waals surface area contributed by atoms with Crippen molar-refractivity contribution < 1.29 is 4.74 Å². The lowest BCUT2D eigenvalue weighted by atomic mass is 10.3. The van der Waals surface area contributed by atoms with E-state index in [1.54, 1.807) is 7.11 Å². The maximum atomic E-state index is 5.83. The van der Waals surface area contributed by atoms with E-state index in [9.17, 15) is 0 Å². The van der Waals surface area contributed by atoms with Crippen LogP contribution in [0.1, 0.15) is 27.2 Å². The Balaban J connectivity index is 0.000000841. The monoisotopic (exact) mass is 315 g/mol. The van der Waals surface area contributed by atoms with Gasteiger partial charge in [0.25, 0.3) is 0 Å². The molecule has 1 rings (SSSR count). The molecule has 0 heterocycles. The lowest BCUT2D eigenvalue weighted by molar-refractivity contribution is 0.199. The number of guanidine groups is 1. The molecule has 1 aromatic rings. The minimum Gasteiger partial charge on any atom is -0.385 e. The molecule has 3 N–H and O–H groups in total. The van der Waals surface area contributed by atoms with Gasteiger partial charge >= 0.3 is 0 Å². The van der Waals surface area contributed by atoms with E-state index in [0.717, 1.165) is 24.4 Å². The summed E-state index contributed by atoms with van der Waals surface area (Å²) in [5.41, 5.74) is 7.57. The van der Waals surface area contributed by atoms with Crippen molar-refractivity contribution in [2.75, 3.05) is 19.0 Å². The standard InChI is InChI=1S/C15H19N3.C4H10O/c1-3-5-7-10-13(4-2)17-15(16)18-14-11-8-6-9-12-14;1-3-4-5-2/h3-12H,1-2H3,(H3,16,17,18);3-4H2,1-2H3/b5-3-,10-7-,13-4+;. The third-order valence-electron chi connectivity index (χ3n) is 2.57. The molecule has 0 aromatic heterocycles. The lowest BCUT2D eigenvalue weighted by Crippen LogP contribution is -2.22. The predicted molar refractivity (Wildman–Crippen MR) is 102 cm³/mol. The largest absolute Gasteiger partial charge is 0.385 e. The number of para-hydroxylation sites is 1. The average molecular weight is 315 g/mol. The van der Waals surface area contributed by atoms with Crippen LogP contribution in [0.25, 0.3) is 0 Å². The van der Waals surface area contributed by atoms with Crippen LogP contribution in [0.15, 0.2) is 71.4 Å². The summed E-state index contributed by atoms with van der Waals surface area (Å²) in [6.07, 6.45) is 10.8. The molecule has 0 bridgehead atoms. The van der Waals surface area contributed by atoms with Crippen LogP contribution < -0.4 is 11.1 Å². The van der Waals surface area contributed by atoms with Crippen molar-refractivity contribution in [2.24, 2.45) is 10.7 Å². The van der Waals surface area contributed by atoms with Crippen molar-refractivity contribution >= 4 is 11.6 Å². The zero-order chi connectivity index (χ0) is 17.3. The molecule has 0 saturated heterocycles. The average Bonchev–Trinajstić information content (AvgIpc) is 2.56. The third-order valence-corrected chi connectivity index (χ3v) is 2.57. The maximum Gasteiger partial charge on any atom is 0.198 e. The highest BCUT2D eigenvalue weighted by Crippen LogP contribution is 2.05. The highest BCUT2D eigenvalue weighted by atomic mass is 16.5.